The van der Waals surface area contributed by atoms with Crippen LogP contribution in [-0.2, 0) is 6.42 Å². The van der Waals surface area contributed by atoms with E-state index in [1.54, 1.807) is 11.3 Å². The third kappa shape index (κ3) is 3.47. The van der Waals surface area contributed by atoms with Crippen LogP contribution in [0.5, 0.6) is 0 Å². The minimum absolute atomic E-state index is 0.598. The smallest absolute Gasteiger partial charge is 0.208 e. The van der Waals surface area contributed by atoms with Gasteiger partial charge in [0.25, 0.3) is 0 Å². The van der Waals surface area contributed by atoms with Gasteiger partial charge in [0.1, 0.15) is 5.01 Å². The fourth-order valence-corrected chi connectivity index (χ4v) is 4.90. The number of piperidine rings is 2. The molecule has 0 aliphatic carbocycles. The van der Waals surface area contributed by atoms with Gasteiger partial charge in [0.05, 0.1) is 0 Å². The summed E-state index contributed by atoms with van der Waals surface area (Å²) >= 11 is 1.77. The Balaban J connectivity index is 1.36. The number of benzene rings is 1. The number of hydrogen-bond acceptors (Lipinski definition) is 5. The van der Waals surface area contributed by atoms with Crippen LogP contribution in [0, 0.1) is 5.41 Å². The predicted molar refractivity (Wildman–Crippen MR) is 99.8 cm³/mol. The largest absolute Gasteiger partial charge is 0.347 e. The van der Waals surface area contributed by atoms with E-state index in [4.69, 9.17) is 0 Å². The second kappa shape index (κ2) is 6.81. The Bertz CT molecular complexity index is 651. The summed E-state index contributed by atoms with van der Waals surface area (Å²) in [5.74, 6) is 0. The maximum Gasteiger partial charge on any atom is 0.208 e. The minimum Gasteiger partial charge on any atom is -0.347 e. The van der Waals surface area contributed by atoms with Crippen molar-refractivity contribution in [1.82, 2.24) is 15.1 Å². The molecular weight excluding hydrogens is 316 g/mol. The molecule has 128 valence electrons. The zero-order chi connectivity index (χ0) is 16.4. The molecule has 0 saturated carbocycles. The number of likely N-dealkylation sites (tertiary alicyclic amines) is 1. The Kier molecular flexibility index (Phi) is 4.55. The van der Waals surface area contributed by atoms with E-state index in [1.807, 2.05) is 0 Å². The van der Waals surface area contributed by atoms with E-state index in [-0.39, 0.29) is 0 Å². The SMILES string of the molecule is CN1CCC2(CC1)CCN(c1nnc(Cc3ccccc3)s1)CC2. The number of anilines is 1. The lowest BCUT2D eigenvalue weighted by Crippen LogP contribution is -2.46. The normalized spacial score (nSPS) is 21.3. The molecule has 0 unspecified atom stereocenters. The minimum atomic E-state index is 0.598. The van der Waals surface area contributed by atoms with E-state index >= 15 is 0 Å². The van der Waals surface area contributed by atoms with Crippen molar-refractivity contribution in [3.8, 4) is 0 Å². The van der Waals surface area contributed by atoms with E-state index in [0.717, 1.165) is 29.6 Å². The molecule has 1 aromatic carbocycles. The van der Waals surface area contributed by atoms with Gasteiger partial charge in [0.15, 0.2) is 0 Å². The highest BCUT2D eigenvalue weighted by Crippen LogP contribution is 2.42. The molecule has 1 aromatic heterocycles. The summed E-state index contributed by atoms with van der Waals surface area (Å²) in [6.45, 7) is 4.81. The summed E-state index contributed by atoms with van der Waals surface area (Å²) in [5.41, 5.74) is 1.91. The molecule has 4 rings (SSSR count). The standard InChI is InChI=1S/C19H26N4S/c1-22-11-7-19(8-12-22)9-13-23(14-10-19)18-21-20-17(24-18)15-16-5-3-2-4-6-16/h2-6H,7-15H2,1H3. The Labute approximate surface area is 148 Å². The molecular formula is C19H26N4S. The monoisotopic (exact) mass is 342 g/mol. The number of nitrogens with zero attached hydrogens (tertiary/aromatic N) is 4. The van der Waals surface area contributed by atoms with Crippen molar-refractivity contribution < 1.29 is 0 Å². The lowest BCUT2D eigenvalue weighted by atomic mass is 9.71. The van der Waals surface area contributed by atoms with Gasteiger partial charge in [-0.1, -0.05) is 41.7 Å². The lowest BCUT2D eigenvalue weighted by Gasteiger charge is -2.46. The van der Waals surface area contributed by atoms with Crippen molar-refractivity contribution in [1.29, 1.82) is 0 Å². The molecule has 2 saturated heterocycles. The molecule has 0 atom stereocenters. The van der Waals surface area contributed by atoms with Crippen LogP contribution in [-0.4, -0.2) is 48.3 Å². The highest BCUT2D eigenvalue weighted by atomic mass is 32.1. The predicted octanol–water partition coefficient (Wildman–Crippen LogP) is 3.44. The lowest BCUT2D eigenvalue weighted by molar-refractivity contribution is 0.0944. The van der Waals surface area contributed by atoms with Crippen molar-refractivity contribution in [2.75, 3.05) is 38.1 Å². The van der Waals surface area contributed by atoms with Crippen LogP contribution in [0.15, 0.2) is 30.3 Å². The topological polar surface area (TPSA) is 32.3 Å². The average molecular weight is 343 g/mol. The highest BCUT2D eigenvalue weighted by Gasteiger charge is 2.37. The zero-order valence-corrected chi connectivity index (χ0v) is 15.3. The fourth-order valence-electron chi connectivity index (χ4n) is 3.98. The number of aromatic nitrogens is 2. The summed E-state index contributed by atoms with van der Waals surface area (Å²) in [6.07, 6.45) is 6.25. The van der Waals surface area contributed by atoms with Gasteiger partial charge < -0.3 is 9.80 Å². The third-order valence-corrected chi connectivity index (χ3v) is 6.78. The van der Waals surface area contributed by atoms with Gasteiger partial charge >= 0.3 is 0 Å². The first-order valence-corrected chi connectivity index (χ1v) is 9.84. The van der Waals surface area contributed by atoms with Gasteiger partial charge in [0, 0.05) is 19.5 Å². The van der Waals surface area contributed by atoms with Crippen LogP contribution in [0.2, 0.25) is 0 Å². The van der Waals surface area contributed by atoms with Gasteiger partial charge in [-0.25, -0.2) is 0 Å². The molecule has 0 N–H and O–H groups in total. The first-order chi connectivity index (χ1) is 11.7. The average Bonchev–Trinajstić information content (AvgIpc) is 3.08. The molecule has 0 radical (unpaired) electrons. The van der Waals surface area contributed by atoms with Crippen molar-refractivity contribution in [3.63, 3.8) is 0 Å². The molecule has 2 aliphatic heterocycles. The first-order valence-electron chi connectivity index (χ1n) is 9.02. The van der Waals surface area contributed by atoms with Crippen molar-refractivity contribution in [2.45, 2.75) is 32.1 Å². The Morgan fingerprint density at radius 1 is 0.958 bits per heavy atom. The van der Waals surface area contributed by atoms with E-state index < -0.39 is 0 Å². The van der Waals surface area contributed by atoms with Crippen LogP contribution in [0.1, 0.15) is 36.3 Å². The molecule has 24 heavy (non-hydrogen) atoms. The summed E-state index contributed by atoms with van der Waals surface area (Å²) in [6, 6.07) is 10.5. The molecule has 0 bridgehead atoms. The molecule has 2 aliphatic rings. The molecule has 2 aromatic rings. The van der Waals surface area contributed by atoms with Gasteiger partial charge in [-0.3, -0.25) is 0 Å². The summed E-state index contributed by atoms with van der Waals surface area (Å²) in [4.78, 5) is 4.92. The number of hydrogen-bond donors (Lipinski definition) is 0. The van der Waals surface area contributed by atoms with E-state index in [1.165, 1.54) is 44.3 Å². The van der Waals surface area contributed by atoms with Gasteiger partial charge in [-0.2, -0.15) is 0 Å². The Hall–Kier alpha value is -1.46. The maximum absolute atomic E-state index is 4.47. The van der Waals surface area contributed by atoms with Gasteiger partial charge in [-0.05, 0) is 56.8 Å². The van der Waals surface area contributed by atoms with Crippen LogP contribution in [0.25, 0.3) is 0 Å². The third-order valence-electron chi connectivity index (χ3n) is 5.80. The van der Waals surface area contributed by atoms with Crippen molar-refractivity contribution in [2.24, 2.45) is 5.41 Å². The van der Waals surface area contributed by atoms with Crippen LogP contribution in [0.3, 0.4) is 0 Å². The first kappa shape index (κ1) is 16.0. The van der Waals surface area contributed by atoms with Crippen LogP contribution >= 0.6 is 11.3 Å². The summed E-state index contributed by atoms with van der Waals surface area (Å²) in [7, 11) is 2.25. The van der Waals surface area contributed by atoms with E-state index in [2.05, 4.69) is 57.4 Å². The van der Waals surface area contributed by atoms with Crippen LogP contribution < -0.4 is 4.90 Å². The molecule has 4 nitrogen and oxygen atoms in total. The Morgan fingerprint density at radius 3 is 2.33 bits per heavy atom. The quantitative estimate of drug-likeness (QED) is 0.855. The second-order valence-corrected chi connectivity index (χ2v) is 8.47. The number of rotatable bonds is 3. The van der Waals surface area contributed by atoms with Gasteiger partial charge in [0.2, 0.25) is 5.13 Å². The summed E-state index contributed by atoms with van der Waals surface area (Å²) in [5, 5.41) is 11.1. The maximum atomic E-state index is 4.47. The Morgan fingerprint density at radius 2 is 1.62 bits per heavy atom. The molecule has 3 heterocycles. The van der Waals surface area contributed by atoms with Crippen molar-refractivity contribution >= 4 is 16.5 Å². The molecule has 5 heteroatoms. The fraction of sp³-hybridized carbons (Fsp3) is 0.579. The van der Waals surface area contributed by atoms with E-state index in [0.29, 0.717) is 5.41 Å². The van der Waals surface area contributed by atoms with Gasteiger partial charge in [-0.15, -0.1) is 10.2 Å². The second-order valence-electron chi connectivity index (χ2n) is 7.43. The molecule has 1 spiro atoms. The zero-order valence-electron chi connectivity index (χ0n) is 14.4. The van der Waals surface area contributed by atoms with Crippen molar-refractivity contribution in [3.05, 3.63) is 40.9 Å². The van der Waals surface area contributed by atoms with E-state index in [9.17, 15) is 0 Å². The molecule has 2 fully saturated rings. The van der Waals surface area contributed by atoms with Crippen LogP contribution in [0.4, 0.5) is 5.13 Å². The summed E-state index contributed by atoms with van der Waals surface area (Å²) < 4.78 is 0. The molecule has 0 amide bonds. The highest BCUT2D eigenvalue weighted by molar-refractivity contribution is 7.15.